The van der Waals surface area contributed by atoms with Crippen LogP contribution in [0.15, 0.2) is 78.9 Å². The van der Waals surface area contributed by atoms with E-state index in [1.165, 1.54) is 6.42 Å². The zero-order valence-electron chi connectivity index (χ0n) is 22.0. The molecule has 2 amide bonds. The van der Waals surface area contributed by atoms with E-state index < -0.39 is 6.04 Å². The van der Waals surface area contributed by atoms with E-state index in [1.54, 1.807) is 4.90 Å². The molecular weight excluding hydrogens is 460 g/mol. The molecule has 1 aliphatic rings. The number of ether oxygens (including phenoxy) is 1. The molecule has 5 heteroatoms. The monoisotopic (exact) mass is 498 g/mol. The average molecular weight is 499 g/mol. The van der Waals surface area contributed by atoms with E-state index in [9.17, 15) is 9.59 Å². The smallest absolute Gasteiger partial charge is 0.261 e. The third kappa shape index (κ3) is 7.94. The summed E-state index contributed by atoms with van der Waals surface area (Å²) < 4.78 is 5.87. The van der Waals surface area contributed by atoms with Crippen LogP contribution >= 0.6 is 0 Å². The Kier molecular flexibility index (Phi) is 9.36. The molecule has 0 heterocycles. The zero-order valence-corrected chi connectivity index (χ0v) is 22.0. The lowest BCUT2D eigenvalue weighted by molar-refractivity contribution is -0.143. The highest BCUT2D eigenvalue weighted by Gasteiger charge is 2.32. The molecule has 0 radical (unpaired) electrons. The number of carbonyl (C=O) groups is 2. The molecule has 3 aromatic carbocycles. The summed E-state index contributed by atoms with van der Waals surface area (Å²) in [6.07, 6.45) is 5.91. The first-order valence-electron chi connectivity index (χ1n) is 13.4. The number of benzene rings is 3. The lowest BCUT2D eigenvalue weighted by Gasteiger charge is -2.33. The van der Waals surface area contributed by atoms with Crippen LogP contribution in [0.2, 0.25) is 0 Å². The summed E-state index contributed by atoms with van der Waals surface area (Å²) in [6.45, 7) is 4.26. The summed E-state index contributed by atoms with van der Waals surface area (Å²) >= 11 is 0. The van der Waals surface area contributed by atoms with Crippen LogP contribution in [-0.4, -0.2) is 35.4 Å². The predicted molar refractivity (Wildman–Crippen MR) is 147 cm³/mol. The second kappa shape index (κ2) is 13.1. The molecule has 0 aliphatic heterocycles. The topological polar surface area (TPSA) is 58.6 Å². The summed E-state index contributed by atoms with van der Waals surface area (Å²) in [5.74, 6) is 0.342. The minimum atomic E-state index is -0.640. The number of rotatable bonds is 10. The first-order chi connectivity index (χ1) is 18.0. The van der Waals surface area contributed by atoms with E-state index in [2.05, 4.69) is 11.4 Å². The number of carbonyl (C=O) groups excluding carboxylic acids is 2. The molecular formula is C32H38N2O3. The quantitative estimate of drug-likeness (QED) is 0.386. The Morgan fingerprint density at radius 1 is 0.865 bits per heavy atom. The van der Waals surface area contributed by atoms with Gasteiger partial charge in [-0.25, -0.2) is 0 Å². The molecule has 1 N–H and O–H groups in total. The van der Waals surface area contributed by atoms with Gasteiger partial charge in [0.15, 0.2) is 6.61 Å². The molecule has 0 unspecified atom stereocenters. The van der Waals surface area contributed by atoms with Crippen molar-refractivity contribution in [3.63, 3.8) is 0 Å². The number of hydrogen-bond donors (Lipinski definition) is 1. The number of nitrogens with zero attached hydrogens (tertiary/aromatic N) is 1. The van der Waals surface area contributed by atoms with E-state index >= 15 is 0 Å². The van der Waals surface area contributed by atoms with Crippen LogP contribution in [-0.2, 0) is 22.6 Å². The lowest BCUT2D eigenvalue weighted by atomic mass is 9.94. The second-order valence-corrected chi connectivity index (χ2v) is 10.2. The molecule has 37 heavy (non-hydrogen) atoms. The van der Waals surface area contributed by atoms with E-state index in [-0.39, 0.29) is 24.5 Å². The van der Waals surface area contributed by atoms with Gasteiger partial charge in [0.2, 0.25) is 5.91 Å². The molecule has 0 aromatic heterocycles. The van der Waals surface area contributed by atoms with Gasteiger partial charge in [0, 0.05) is 19.0 Å². The molecule has 4 rings (SSSR count). The van der Waals surface area contributed by atoms with Crippen molar-refractivity contribution in [1.82, 2.24) is 10.2 Å². The van der Waals surface area contributed by atoms with Gasteiger partial charge in [0.1, 0.15) is 11.8 Å². The van der Waals surface area contributed by atoms with Crippen LogP contribution in [0.1, 0.15) is 54.4 Å². The van der Waals surface area contributed by atoms with Gasteiger partial charge in [0.05, 0.1) is 0 Å². The van der Waals surface area contributed by atoms with Gasteiger partial charge in [-0.05, 0) is 49.9 Å². The van der Waals surface area contributed by atoms with Crippen molar-refractivity contribution in [2.24, 2.45) is 0 Å². The van der Waals surface area contributed by atoms with E-state index in [4.69, 9.17) is 4.74 Å². The third-order valence-electron chi connectivity index (χ3n) is 7.04. The van der Waals surface area contributed by atoms with Gasteiger partial charge < -0.3 is 15.0 Å². The maximum absolute atomic E-state index is 13.8. The predicted octanol–water partition coefficient (Wildman–Crippen LogP) is 5.77. The van der Waals surface area contributed by atoms with E-state index in [0.29, 0.717) is 18.7 Å². The molecule has 5 nitrogen and oxygen atoms in total. The zero-order chi connectivity index (χ0) is 26.0. The van der Waals surface area contributed by atoms with Gasteiger partial charge in [-0.15, -0.1) is 0 Å². The summed E-state index contributed by atoms with van der Waals surface area (Å²) in [6, 6.07) is 25.2. The van der Waals surface area contributed by atoms with Crippen LogP contribution in [0.4, 0.5) is 0 Å². The Hall–Kier alpha value is -3.60. The average Bonchev–Trinajstić information content (AvgIpc) is 2.91. The normalized spacial score (nSPS) is 14.5. The Morgan fingerprint density at radius 3 is 2.27 bits per heavy atom. The Labute approximate surface area is 220 Å². The Balaban J connectivity index is 1.60. The largest absolute Gasteiger partial charge is 0.484 e. The highest BCUT2D eigenvalue weighted by molar-refractivity contribution is 5.88. The Morgan fingerprint density at radius 2 is 1.57 bits per heavy atom. The molecule has 1 aliphatic carbocycles. The minimum Gasteiger partial charge on any atom is -0.484 e. The van der Waals surface area contributed by atoms with Crippen molar-refractivity contribution in [2.45, 2.75) is 71.0 Å². The van der Waals surface area contributed by atoms with Gasteiger partial charge in [-0.3, -0.25) is 9.59 Å². The van der Waals surface area contributed by atoms with Crippen LogP contribution < -0.4 is 10.1 Å². The van der Waals surface area contributed by atoms with E-state index in [1.807, 2.05) is 86.6 Å². The Bertz CT molecular complexity index is 1150. The molecule has 1 saturated carbocycles. The summed E-state index contributed by atoms with van der Waals surface area (Å²) in [5.41, 5.74) is 4.26. The van der Waals surface area contributed by atoms with Crippen molar-refractivity contribution < 1.29 is 14.3 Å². The fraction of sp³-hybridized carbons (Fsp3) is 0.375. The highest BCUT2D eigenvalue weighted by Crippen LogP contribution is 2.20. The van der Waals surface area contributed by atoms with Crippen molar-refractivity contribution >= 4 is 11.8 Å². The maximum Gasteiger partial charge on any atom is 0.261 e. The highest BCUT2D eigenvalue weighted by atomic mass is 16.5. The van der Waals surface area contributed by atoms with Crippen LogP contribution in [0.3, 0.4) is 0 Å². The minimum absolute atomic E-state index is 0.0907. The summed E-state index contributed by atoms with van der Waals surface area (Å²) in [5, 5.41) is 3.28. The standard InChI is InChI=1S/C32H38N2O3/c1-24-16-18-29(19-17-24)37-23-31(35)34(22-27-13-9-10-25(2)20-27)30(21-26-11-5-3-6-12-26)32(36)33-28-14-7-4-8-15-28/h3,5-6,9-13,16-20,28,30H,4,7-8,14-15,21-23H2,1-2H3,(H,33,36)/t30-/m1/s1. The molecule has 3 aromatic rings. The molecule has 1 atom stereocenters. The van der Waals surface area contributed by atoms with Crippen molar-refractivity contribution in [3.05, 3.63) is 101 Å². The number of hydrogen-bond acceptors (Lipinski definition) is 3. The SMILES string of the molecule is Cc1ccc(OCC(=O)N(Cc2cccc(C)c2)[C@H](Cc2ccccc2)C(=O)NC2CCCCC2)cc1. The van der Waals surface area contributed by atoms with Crippen LogP contribution in [0.5, 0.6) is 5.75 Å². The first kappa shape index (κ1) is 26.5. The maximum atomic E-state index is 13.8. The molecule has 194 valence electrons. The fourth-order valence-electron chi connectivity index (χ4n) is 4.97. The van der Waals surface area contributed by atoms with Gasteiger partial charge in [0.25, 0.3) is 5.91 Å². The summed E-state index contributed by atoms with van der Waals surface area (Å²) in [7, 11) is 0. The third-order valence-corrected chi connectivity index (χ3v) is 7.04. The van der Waals surface area contributed by atoms with Crippen LogP contribution in [0.25, 0.3) is 0 Å². The van der Waals surface area contributed by atoms with Gasteiger partial charge in [-0.2, -0.15) is 0 Å². The molecule has 0 bridgehead atoms. The van der Waals surface area contributed by atoms with Gasteiger partial charge in [-0.1, -0.05) is 97.1 Å². The molecule has 0 spiro atoms. The lowest BCUT2D eigenvalue weighted by Crippen LogP contribution is -2.53. The molecule has 0 saturated heterocycles. The molecule has 1 fully saturated rings. The first-order valence-corrected chi connectivity index (χ1v) is 13.4. The number of amides is 2. The van der Waals surface area contributed by atoms with E-state index in [0.717, 1.165) is 47.9 Å². The second-order valence-electron chi connectivity index (χ2n) is 10.2. The van der Waals surface area contributed by atoms with Crippen molar-refractivity contribution in [2.75, 3.05) is 6.61 Å². The van der Waals surface area contributed by atoms with Crippen molar-refractivity contribution in [1.29, 1.82) is 0 Å². The fourth-order valence-corrected chi connectivity index (χ4v) is 4.97. The van der Waals surface area contributed by atoms with Crippen molar-refractivity contribution in [3.8, 4) is 5.75 Å². The summed E-state index contributed by atoms with van der Waals surface area (Å²) in [4.78, 5) is 29.2. The number of aryl methyl sites for hydroxylation is 2. The number of nitrogens with one attached hydrogen (secondary N) is 1. The van der Waals surface area contributed by atoms with Gasteiger partial charge >= 0.3 is 0 Å². The van der Waals surface area contributed by atoms with Crippen LogP contribution in [0, 0.1) is 13.8 Å².